The van der Waals surface area contributed by atoms with Gasteiger partial charge in [0.25, 0.3) is 5.69 Å². The average molecular weight is 247 g/mol. The minimum atomic E-state index is -0.464. The molecule has 0 fully saturated rings. The summed E-state index contributed by atoms with van der Waals surface area (Å²) in [7, 11) is 0. The van der Waals surface area contributed by atoms with Crippen LogP contribution in [0.3, 0.4) is 0 Å². The lowest BCUT2D eigenvalue weighted by atomic mass is 10.2. The minimum absolute atomic E-state index is 0.0181. The first-order valence-electron chi connectivity index (χ1n) is 5.46. The fourth-order valence-corrected chi connectivity index (χ4v) is 1.63. The molecule has 0 saturated heterocycles. The highest BCUT2D eigenvalue weighted by molar-refractivity contribution is 5.61. The zero-order valence-corrected chi connectivity index (χ0v) is 9.63. The molecule has 0 spiro atoms. The molecule has 2 rings (SSSR count). The summed E-state index contributed by atoms with van der Waals surface area (Å²) >= 11 is 0. The number of non-ortho nitro benzene ring substituents is 1. The van der Waals surface area contributed by atoms with Crippen LogP contribution in [0.15, 0.2) is 41.0 Å². The lowest BCUT2D eigenvalue weighted by molar-refractivity contribution is -0.384. The van der Waals surface area contributed by atoms with E-state index >= 15 is 0 Å². The van der Waals surface area contributed by atoms with E-state index in [1.807, 2.05) is 12.1 Å². The van der Waals surface area contributed by atoms with Crippen LogP contribution < -0.4 is 11.1 Å². The number of nitrogens with zero attached hydrogens (tertiary/aromatic N) is 1. The predicted octanol–water partition coefficient (Wildman–Crippen LogP) is 2.42. The first kappa shape index (κ1) is 12.0. The van der Waals surface area contributed by atoms with Gasteiger partial charge in [0.15, 0.2) is 0 Å². The summed E-state index contributed by atoms with van der Waals surface area (Å²) in [6.07, 6.45) is 2.32. The van der Waals surface area contributed by atoms with Gasteiger partial charge in [-0.1, -0.05) is 0 Å². The molecule has 1 aromatic carbocycles. The van der Waals surface area contributed by atoms with Crippen LogP contribution in [0.2, 0.25) is 0 Å². The van der Waals surface area contributed by atoms with Crippen molar-refractivity contribution in [1.29, 1.82) is 0 Å². The molecule has 0 saturated carbocycles. The van der Waals surface area contributed by atoms with Crippen LogP contribution in [0.1, 0.15) is 5.76 Å². The summed E-state index contributed by atoms with van der Waals surface area (Å²) in [5, 5.41) is 13.7. The van der Waals surface area contributed by atoms with Gasteiger partial charge in [-0.15, -0.1) is 0 Å². The van der Waals surface area contributed by atoms with E-state index in [1.165, 1.54) is 12.1 Å². The molecular weight excluding hydrogens is 234 g/mol. The molecule has 6 nitrogen and oxygen atoms in total. The van der Waals surface area contributed by atoms with Crippen molar-refractivity contribution in [3.63, 3.8) is 0 Å². The van der Waals surface area contributed by atoms with Crippen molar-refractivity contribution in [2.45, 2.75) is 6.42 Å². The molecule has 2 aromatic rings. The number of rotatable bonds is 5. The van der Waals surface area contributed by atoms with Crippen molar-refractivity contribution in [2.75, 3.05) is 17.6 Å². The summed E-state index contributed by atoms with van der Waals surface area (Å²) in [5.74, 6) is 0.862. The molecule has 0 bridgehead atoms. The summed E-state index contributed by atoms with van der Waals surface area (Å²) in [5.41, 5.74) is 6.58. The van der Waals surface area contributed by atoms with Gasteiger partial charge in [-0.3, -0.25) is 10.1 Å². The van der Waals surface area contributed by atoms with E-state index in [9.17, 15) is 10.1 Å². The van der Waals surface area contributed by atoms with Gasteiger partial charge in [0.1, 0.15) is 5.76 Å². The Labute approximate surface area is 104 Å². The zero-order valence-electron chi connectivity index (χ0n) is 9.63. The maximum absolute atomic E-state index is 10.7. The SMILES string of the molecule is Nc1cc(NCCc2ccco2)cc([N+](=O)[O-])c1. The van der Waals surface area contributed by atoms with E-state index in [1.54, 1.807) is 12.3 Å². The molecule has 0 aliphatic carbocycles. The van der Waals surface area contributed by atoms with Crippen molar-refractivity contribution in [3.8, 4) is 0 Å². The van der Waals surface area contributed by atoms with Gasteiger partial charge in [-0.25, -0.2) is 0 Å². The Morgan fingerprint density at radius 3 is 2.89 bits per heavy atom. The van der Waals surface area contributed by atoms with E-state index in [4.69, 9.17) is 10.2 Å². The van der Waals surface area contributed by atoms with Crippen LogP contribution >= 0.6 is 0 Å². The molecule has 3 N–H and O–H groups in total. The standard InChI is InChI=1S/C12H13N3O3/c13-9-6-10(8-11(7-9)15(16)17)14-4-3-12-2-1-5-18-12/h1-2,5-8,14H,3-4,13H2. The number of furan rings is 1. The smallest absolute Gasteiger partial charge is 0.273 e. The largest absolute Gasteiger partial charge is 0.469 e. The third-order valence-electron chi connectivity index (χ3n) is 2.43. The topological polar surface area (TPSA) is 94.3 Å². The lowest BCUT2D eigenvalue weighted by Crippen LogP contribution is -2.05. The summed E-state index contributed by atoms with van der Waals surface area (Å²) < 4.78 is 5.18. The van der Waals surface area contributed by atoms with Gasteiger partial charge in [0, 0.05) is 36.5 Å². The second kappa shape index (κ2) is 5.22. The Kier molecular flexibility index (Phi) is 3.47. The highest BCUT2D eigenvalue weighted by atomic mass is 16.6. The van der Waals surface area contributed by atoms with E-state index in [2.05, 4.69) is 5.32 Å². The number of nitro groups is 1. The number of nitro benzene ring substituents is 1. The number of anilines is 2. The normalized spacial score (nSPS) is 10.2. The van der Waals surface area contributed by atoms with Crippen LogP contribution in [0, 0.1) is 10.1 Å². The fourth-order valence-electron chi connectivity index (χ4n) is 1.63. The highest BCUT2D eigenvalue weighted by Crippen LogP contribution is 2.22. The second-order valence-electron chi connectivity index (χ2n) is 3.83. The number of hydrogen-bond donors (Lipinski definition) is 2. The lowest BCUT2D eigenvalue weighted by Gasteiger charge is -2.06. The van der Waals surface area contributed by atoms with Gasteiger partial charge in [-0.05, 0) is 18.2 Å². The second-order valence-corrected chi connectivity index (χ2v) is 3.83. The average Bonchev–Trinajstić information content (AvgIpc) is 2.81. The van der Waals surface area contributed by atoms with E-state index < -0.39 is 4.92 Å². The maximum Gasteiger partial charge on any atom is 0.273 e. The van der Waals surface area contributed by atoms with E-state index in [0.29, 0.717) is 24.3 Å². The van der Waals surface area contributed by atoms with E-state index in [-0.39, 0.29) is 5.69 Å². The Morgan fingerprint density at radius 1 is 1.39 bits per heavy atom. The molecule has 0 aliphatic heterocycles. The van der Waals surface area contributed by atoms with Gasteiger partial charge in [-0.2, -0.15) is 0 Å². The quantitative estimate of drug-likeness (QED) is 0.480. The molecule has 0 aliphatic rings. The summed E-state index contributed by atoms with van der Waals surface area (Å²) in [6, 6.07) is 8.15. The van der Waals surface area contributed by atoms with Crippen molar-refractivity contribution >= 4 is 17.1 Å². The number of nitrogen functional groups attached to an aromatic ring is 1. The van der Waals surface area contributed by atoms with Crippen LogP contribution in [0.4, 0.5) is 17.1 Å². The predicted molar refractivity (Wildman–Crippen MR) is 68.4 cm³/mol. The first-order chi connectivity index (χ1) is 8.65. The third kappa shape index (κ3) is 3.00. The van der Waals surface area contributed by atoms with Crippen molar-refractivity contribution < 1.29 is 9.34 Å². The van der Waals surface area contributed by atoms with Gasteiger partial charge in [0.05, 0.1) is 11.2 Å². The van der Waals surface area contributed by atoms with Gasteiger partial charge < -0.3 is 15.5 Å². The van der Waals surface area contributed by atoms with Crippen LogP contribution in [0.5, 0.6) is 0 Å². The number of nitrogens with one attached hydrogen (secondary N) is 1. The first-order valence-corrected chi connectivity index (χ1v) is 5.46. The van der Waals surface area contributed by atoms with Gasteiger partial charge >= 0.3 is 0 Å². The Morgan fingerprint density at radius 2 is 2.22 bits per heavy atom. The number of nitrogens with two attached hydrogens (primary N) is 1. The Bertz CT molecular complexity index is 538. The highest BCUT2D eigenvalue weighted by Gasteiger charge is 2.08. The minimum Gasteiger partial charge on any atom is -0.469 e. The molecule has 0 unspecified atom stereocenters. The number of hydrogen-bond acceptors (Lipinski definition) is 5. The molecule has 0 amide bonds. The van der Waals surface area contributed by atoms with Crippen LogP contribution in [-0.4, -0.2) is 11.5 Å². The van der Waals surface area contributed by atoms with Crippen molar-refractivity contribution in [3.05, 3.63) is 52.5 Å². The maximum atomic E-state index is 10.7. The number of benzene rings is 1. The molecule has 0 atom stereocenters. The summed E-state index contributed by atoms with van der Waals surface area (Å²) in [6.45, 7) is 0.619. The molecule has 1 heterocycles. The third-order valence-corrected chi connectivity index (χ3v) is 2.43. The molecule has 0 radical (unpaired) electrons. The van der Waals surface area contributed by atoms with Crippen LogP contribution in [-0.2, 0) is 6.42 Å². The molecule has 6 heteroatoms. The van der Waals surface area contributed by atoms with E-state index in [0.717, 1.165) is 5.76 Å². The molecule has 18 heavy (non-hydrogen) atoms. The van der Waals surface area contributed by atoms with Crippen molar-refractivity contribution in [1.82, 2.24) is 0 Å². The molecular formula is C12H13N3O3. The van der Waals surface area contributed by atoms with Gasteiger partial charge in [0.2, 0.25) is 0 Å². The molecule has 94 valence electrons. The summed E-state index contributed by atoms with van der Waals surface area (Å²) in [4.78, 5) is 10.2. The molecule has 1 aromatic heterocycles. The van der Waals surface area contributed by atoms with Crippen molar-refractivity contribution in [2.24, 2.45) is 0 Å². The van der Waals surface area contributed by atoms with Crippen LogP contribution in [0.25, 0.3) is 0 Å². The Hall–Kier alpha value is -2.50. The fraction of sp³-hybridized carbons (Fsp3) is 0.167. The zero-order chi connectivity index (χ0) is 13.0. The monoisotopic (exact) mass is 247 g/mol. The Balaban J connectivity index is 1.98.